The van der Waals surface area contributed by atoms with Gasteiger partial charge in [-0.3, -0.25) is 0 Å². The molecular weight excluding hydrogens is 216 g/mol. The van der Waals surface area contributed by atoms with Gasteiger partial charge in [0.2, 0.25) is 0 Å². The van der Waals surface area contributed by atoms with Crippen LogP contribution in [0.1, 0.15) is 31.9 Å². The largest absolute Gasteiger partial charge is 0.469 e. The predicted octanol–water partition coefficient (Wildman–Crippen LogP) is 2.41. The summed E-state index contributed by atoms with van der Waals surface area (Å²) in [4.78, 5) is 13.8. The van der Waals surface area contributed by atoms with Gasteiger partial charge in [-0.1, -0.05) is 0 Å². The molecule has 1 aromatic heterocycles. The van der Waals surface area contributed by atoms with Crippen LogP contribution in [0.5, 0.6) is 0 Å². The maximum absolute atomic E-state index is 11.9. The van der Waals surface area contributed by atoms with E-state index in [0.29, 0.717) is 0 Å². The van der Waals surface area contributed by atoms with Crippen molar-refractivity contribution in [1.82, 2.24) is 10.2 Å². The number of rotatable bonds is 3. The number of hydrogen-bond donors (Lipinski definition) is 1. The second-order valence-corrected chi connectivity index (χ2v) is 4.68. The normalized spacial score (nSPS) is 17.8. The van der Waals surface area contributed by atoms with Crippen LogP contribution in [0.15, 0.2) is 22.8 Å². The third-order valence-corrected chi connectivity index (χ3v) is 3.10. The molecule has 4 nitrogen and oxygen atoms in total. The van der Waals surface area contributed by atoms with Crippen molar-refractivity contribution >= 4 is 6.03 Å². The second kappa shape index (κ2) is 5.75. The molecule has 1 aromatic rings. The SMILES string of the molecule is CC(Cc1ccco1)NC(=O)N1CCCCC1. The minimum Gasteiger partial charge on any atom is -0.469 e. The molecule has 1 N–H and O–H groups in total. The Morgan fingerprint density at radius 3 is 2.88 bits per heavy atom. The number of hydrogen-bond acceptors (Lipinski definition) is 2. The van der Waals surface area contributed by atoms with Crippen LogP contribution >= 0.6 is 0 Å². The number of nitrogens with one attached hydrogen (secondary N) is 1. The van der Waals surface area contributed by atoms with E-state index in [2.05, 4.69) is 5.32 Å². The van der Waals surface area contributed by atoms with E-state index >= 15 is 0 Å². The van der Waals surface area contributed by atoms with E-state index in [1.807, 2.05) is 24.0 Å². The van der Waals surface area contributed by atoms with Gasteiger partial charge in [0, 0.05) is 25.6 Å². The highest BCUT2D eigenvalue weighted by Crippen LogP contribution is 2.09. The molecule has 2 heterocycles. The van der Waals surface area contributed by atoms with Crippen molar-refractivity contribution in [1.29, 1.82) is 0 Å². The minimum atomic E-state index is 0.0590. The van der Waals surface area contributed by atoms with Gasteiger partial charge in [-0.2, -0.15) is 0 Å². The van der Waals surface area contributed by atoms with E-state index in [0.717, 1.165) is 38.1 Å². The van der Waals surface area contributed by atoms with Crippen LogP contribution in [-0.4, -0.2) is 30.1 Å². The van der Waals surface area contributed by atoms with Gasteiger partial charge in [-0.15, -0.1) is 0 Å². The van der Waals surface area contributed by atoms with E-state index < -0.39 is 0 Å². The Balaban J connectivity index is 1.77. The number of carbonyl (C=O) groups is 1. The molecule has 1 atom stereocenters. The summed E-state index contributed by atoms with van der Waals surface area (Å²) in [5.74, 6) is 0.913. The number of likely N-dealkylation sites (tertiary alicyclic amines) is 1. The molecule has 0 radical (unpaired) electrons. The lowest BCUT2D eigenvalue weighted by molar-refractivity contribution is 0.183. The van der Waals surface area contributed by atoms with Gasteiger partial charge in [0.1, 0.15) is 5.76 Å². The van der Waals surface area contributed by atoms with Crippen molar-refractivity contribution in [3.8, 4) is 0 Å². The van der Waals surface area contributed by atoms with Gasteiger partial charge in [0.25, 0.3) is 0 Å². The highest BCUT2D eigenvalue weighted by atomic mass is 16.3. The van der Waals surface area contributed by atoms with Gasteiger partial charge >= 0.3 is 6.03 Å². The Labute approximate surface area is 102 Å². The summed E-state index contributed by atoms with van der Waals surface area (Å²) in [7, 11) is 0. The van der Waals surface area contributed by atoms with Crippen LogP contribution in [-0.2, 0) is 6.42 Å². The first-order chi connectivity index (χ1) is 8.25. The standard InChI is InChI=1S/C13H20N2O2/c1-11(10-12-6-5-9-17-12)14-13(16)15-7-3-2-4-8-15/h5-6,9,11H,2-4,7-8,10H2,1H3,(H,14,16). The summed E-state index contributed by atoms with van der Waals surface area (Å²) in [5.41, 5.74) is 0. The highest BCUT2D eigenvalue weighted by molar-refractivity contribution is 5.74. The molecule has 2 rings (SSSR count). The van der Waals surface area contributed by atoms with Gasteiger partial charge in [0.05, 0.1) is 6.26 Å². The fourth-order valence-electron chi connectivity index (χ4n) is 2.18. The Hall–Kier alpha value is -1.45. The zero-order valence-corrected chi connectivity index (χ0v) is 10.3. The molecular formula is C13H20N2O2. The zero-order valence-electron chi connectivity index (χ0n) is 10.3. The van der Waals surface area contributed by atoms with Crippen molar-refractivity contribution in [2.45, 2.75) is 38.6 Å². The van der Waals surface area contributed by atoms with Crippen LogP contribution in [0.4, 0.5) is 4.79 Å². The lowest BCUT2D eigenvalue weighted by Crippen LogP contribution is -2.46. The Kier molecular flexibility index (Phi) is 4.07. The molecule has 1 saturated heterocycles. The molecule has 1 unspecified atom stereocenters. The lowest BCUT2D eigenvalue weighted by atomic mass is 10.1. The number of nitrogens with zero attached hydrogens (tertiary/aromatic N) is 1. The van der Waals surface area contributed by atoms with E-state index in [4.69, 9.17) is 4.42 Å². The maximum atomic E-state index is 11.9. The van der Waals surface area contributed by atoms with Crippen LogP contribution in [0, 0.1) is 0 Å². The van der Waals surface area contributed by atoms with Gasteiger partial charge in [-0.25, -0.2) is 4.79 Å². The molecule has 2 amide bonds. The zero-order chi connectivity index (χ0) is 12.1. The average Bonchev–Trinajstić information content (AvgIpc) is 2.82. The van der Waals surface area contributed by atoms with E-state index in [9.17, 15) is 4.79 Å². The van der Waals surface area contributed by atoms with Gasteiger partial charge in [0.15, 0.2) is 0 Å². The summed E-state index contributed by atoms with van der Waals surface area (Å²) in [5, 5.41) is 3.01. The molecule has 1 fully saturated rings. The summed E-state index contributed by atoms with van der Waals surface area (Å²) in [6.45, 7) is 3.78. The summed E-state index contributed by atoms with van der Waals surface area (Å²) < 4.78 is 5.27. The highest BCUT2D eigenvalue weighted by Gasteiger charge is 2.18. The third kappa shape index (κ3) is 3.51. The van der Waals surface area contributed by atoms with E-state index in [-0.39, 0.29) is 12.1 Å². The van der Waals surface area contributed by atoms with E-state index in [1.165, 1.54) is 6.42 Å². The Morgan fingerprint density at radius 1 is 1.47 bits per heavy atom. The monoisotopic (exact) mass is 236 g/mol. The molecule has 0 aliphatic carbocycles. The number of carbonyl (C=O) groups excluding carboxylic acids is 1. The summed E-state index contributed by atoms with van der Waals surface area (Å²) in [6, 6.07) is 3.97. The van der Waals surface area contributed by atoms with Crippen molar-refractivity contribution in [3.05, 3.63) is 24.2 Å². The number of urea groups is 1. The quantitative estimate of drug-likeness (QED) is 0.876. The minimum absolute atomic E-state index is 0.0590. The fraction of sp³-hybridized carbons (Fsp3) is 0.615. The maximum Gasteiger partial charge on any atom is 0.317 e. The average molecular weight is 236 g/mol. The molecule has 4 heteroatoms. The first-order valence-corrected chi connectivity index (χ1v) is 6.33. The molecule has 94 valence electrons. The molecule has 0 bridgehead atoms. The van der Waals surface area contributed by atoms with Crippen LogP contribution in [0.25, 0.3) is 0 Å². The Bertz CT molecular complexity index is 342. The number of amides is 2. The second-order valence-electron chi connectivity index (χ2n) is 4.68. The Morgan fingerprint density at radius 2 is 2.24 bits per heavy atom. The van der Waals surface area contributed by atoms with Crippen molar-refractivity contribution in [2.75, 3.05) is 13.1 Å². The van der Waals surface area contributed by atoms with Crippen LogP contribution < -0.4 is 5.32 Å². The third-order valence-electron chi connectivity index (χ3n) is 3.10. The topological polar surface area (TPSA) is 45.5 Å². The molecule has 0 spiro atoms. The molecule has 1 aliphatic heterocycles. The smallest absolute Gasteiger partial charge is 0.317 e. The van der Waals surface area contributed by atoms with Crippen LogP contribution in [0.2, 0.25) is 0 Å². The molecule has 0 saturated carbocycles. The summed E-state index contributed by atoms with van der Waals surface area (Å²) in [6.07, 6.45) is 5.90. The van der Waals surface area contributed by atoms with E-state index in [1.54, 1.807) is 6.26 Å². The first kappa shape index (κ1) is 12.0. The number of furan rings is 1. The molecule has 1 aliphatic rings. The van der Waals surface area contributed by atoms with Gasteiger partial charge < -0.3 is 14.6 Å². The summed E-state index contributed by atoms with van der Waals surface area (Å²) >= 11 is 0. The lowest BCUT2D eigenvalue weighted by Gasteiger charge is -2.28. The number of piperidine rings is 1. The molecule has 17 heavy (non-hydrogen) atoms. The van der Waals surface area contributed by atoms with Crippen molar-refractivity contribution in [3.63, 3.8) is 0 Å². The fourth-order valence-corrected chi connectivity index (χ4v) is 2.18. The van der Waals surface area contributed by atoms with Crippen molar-refractivity contribution in [2.24, 2.45) is 0 Å². The first-order valence-electron chi connectivity index (χ1n) is 6.33. The van der Waals surface area contributed by atoms with Crippen molar-refractivity contribution < 1.29 is 9.21 Å². The predicted molar refractivity (Wildman–Crippen MR) is 65.8 cm³/mol. The van der Waals surface area contributed by atoms with Crippen LogP contribution in [0.3, 0.4) is 0 Å². The van der Waals surface area contributed by atoms with Gasteiger partial charge in [-0.05, 0) is 38.3 Å². The molecule has 0 aromatic carbocycles.